The Morgan fingerprint density at radius 1 is 1.22 bits per heavy atom. The van der Waals surface area contributed by atoms with Gasteiger partial charge in [-0.15, -0.1) is 0 Å². The Bertz CT molecular complexity index is 915. The minimum absolute atomic E-state index is 0.117. The number of piperidine rings is 1. The fraction of sp³-hybridized carbons (Fsp3) is 0.450. The standard InChI is InChI=1S/C20H26ClN3O2S/c1-15-10-17(11-16-6-4-8-19(21)12-16)13-20(22-15)18-7-5-9-24(14-18)27(25,26)23(2)3/h4,6,8,10,12-13,18H,5,7,9,11,14H2,1-3H3. The average Bonchev–Trinajstić information content (AvgIpc) is 2.61. The lowest BCUT2D eigenvalue weighted by molar-refractivity contribution is 0.296. The van der Waals surface area contributed by atoms with Crippen LogP contribution < -0.4 is 0 Å². The normalized spacial score (nSPS) is 18.8. The molecule has 0 bridgehead atoms. The Morgan fingerprint density at radius 3 is 2.70 bits per heavy atom. The molecule has 7 heteroatoms. The number of nitrogens with zero attached hydrogens (tertiary/aromatic N) is 3. The molecule has 1 aromatic carbocycles. The molecule has 1 fully saturated rings. The summed E-state index contributed by atoms with van der Waals surface area (Å²) in [7, 11) is -0.238. The zero-order chi connectivity index (χ0) is 19.6. The minimum Gasteiger partial charge on any atom is -0.258 e. The highest BCUT2D eigenvalue weighted by Gasteiger charge is 2.31. The highest BCUT2D eigenvalue weighted by Crippen LogP contribution is 2.29. The molecule has 3 rings (SSSR count). The van der Waals surface area contributed by atoms with Crippen molar-refractivity contribution >= 4 is 21.8 Å². The molecule has 0 aliphatic carbocycles. The van der Waals surface area contributed by atoms with Gasteiger partial charge in [0.25, 0.3) is 10.2 Å². The third kappa shape index (κ3) is 4.88. The van der Waals surface area contributed by atoms with Crippen molar-refractivity contribution in [2.24, 2.45) is 0 Å². The van der Waals surface area contributed by atoms with Gasteiger partial charge in [0.15, 0.2) is 0 Å². The second-order valence-corrected chi connectivity index (χ2v) is 9.91. The largest absolute Gasteiger partial charge is 0.281 e. The molecule has 1 atom stereocenters. The van der Waals surface area contributed by atoms with Gasteiger partial charge in [-0.3, -0.25) is 4.98 Å². The van der Waals surface area contributed by atoms with Crippen molar-refractivity contribution in [2.45, 2.75) is 32.1 Å². The van der Waals surface area contributed by atoms with E-state index in [2.05, 4.69) is 18.2 Å². The molecule has 2 heterocycles. The van der Waals surface area contributed by atoms with Crippen LogP contribution in [0, 0.1) is 6.92 Å². The van der Waals surface area contributed by atoms with E-state index in [0.717, 1.165) is 41.2 Å². The van der Waals surface area contributed by atoms with E-state index in [4.69, 9.17) is 16.6 Å². The second-order valence-electron chi connectivity index (χ2n) is 7.34. The summed E-state index contributed by atoms with van der Waals surface area (Å²) in [6.07, 6.45) is 2.58. The topological polar surface area (TPSA) is 53.5 Å². The van der Waals surface area contributed by atoms with E-state index in [1.165, 1.54) is 9.87 Å². The van der Waals surface area contributed by atoms with Crippen LogP contribution in [0.2, 0.25) is 5.02 Å². The molecular weight excluding hydrogens is 382 g/mol. The van der Waals surface area contributed by atoms with Crippen LogP contribution in [-0.4, -0.2) is 49.2 Å². The van der Waals surface area contributed by atoms with E-state index in [9.17, 15) is 8.42 Å². The number of halogens is 1. The minimum atomic E-state index is -3.39. The maximum atomic E-state index is 12.5. The van der Waals surface area contributed by atoms with Crippen LogP contribution in [0.4, 0.5) is 0 Å². The number of hydrogen-bond acceptors (Lipinski definition) is 3. The number of benzene rings is 1. The van der Waals surface area contributed by atoms with Gasteiger partial charge in [-0.25, -0.2) is 0 Å². The van der Waals surface area contributed by atoms with E-state index >= 15 is 0 Å². The van der Waals surface area contributed by atoms with Crippen molar-refractivity contribution in [3.05, 3.63) is 63.9 Å². The molecule has 0 radical (unpaired) electrons. The Hall–Kier alpha value is -1.47. The first-order valence-electron chi connectivity index (χ1n) is 9.15. The first-order valence-corrected chi connectivity index (χ1v) is 10.9. The Morgan fingerprint density at radius 2 is 2.00 bits per heavy atom. The summed E-state index contributed by atoms with van der Waals surface area (Å²) >= 11 is 6.10. The van der Waals surface area contributed by atoms with E-state index in [1.807, 2.05) is 25.1 Å². The fourth-order valence-electron chi connectivity index (χ4n) is 3.59. The Kier molecular flexibility index (Phi) is 6.21. The molecule has 1 aliphatic rings. The highest BCUT2D eigenvalue weighted by atomic mass is 35.5. The summed E-state index contributed by atoms with van der Waals surface area (Å²) in [6, 6.07) is 12.1. The van der Waals surface area contributed by atoms with Crippen LogP contribution in [0.3, 0.4) is 0 Å². The molecule has 0 N–H and O–H groups in total. The Balaban J connectivity index is 1.83. The van der Waals surface area contributed by atoms with Crippen molar-refractivity contribution in [1.29, 1.82) is 0 Å². The predicted octanol–water partition coefficient (Wildman–Crippen LogP) is 3.62. The van der Waals surface area contributed by atoms with Crippen LogP contribution in [0.25, 0.3) is 0 Å². The fourth-order valence-corrected chi connectivity index (χ4v) is 4.99. The molecule has 1 aromatic heterocycles. The third-order valence-electron chi connectivity index (χ3n) is 4.92. The third-order valence-corrected chi connectivity index (χ3v) is 7.06. The van der Waals surface area contributed by atoms with Crippen LogP contribution in [0.5, 0.6) is 0 Å². The summed E-state index contributed by atoms with van der Waals surface area (Å²) in [6.45, 7) is 3.04. The highest BCUT2D eigenvalue weighted by molar-refractivity contribution is 7.86. The number of pyridine rings is 1. The molecule has 0 saturated carbocycles. The maximum absolute atomic E-state index is 12.5. The zero-order valence-electron chi connectivity index (χ0n) is 16.0. The average molecular weight is 408 g/mol. The van der Waals surface area contributed by atoms with E-state index in [-0.39, 0.29) is 5.92 Å². The van der Waals surface area contributed by atoms with Gasteiger partial charge in [0, 0.05) is 49.5 Å². The summed E-state index contributed by atoms with van der Waals surface area (Å²) in [5, 5.41) is 0.732. The smallest absolute Gasteiger partial charge is 0.258 e. The van der Waals surface area contributed by atoms with Gasteiger partial charge >= 0.3 is 0 Å². The number of hydrogen-bond donors (Lipinski definition) is 0. The Labute approximate surface area is 167 Å². The summed E-state index contributed by atoms with van der Waals surface area (Å²) in [4.78, 5) is 4.72. The summed E-state index contributed by atoms with van der Waals surface area (Å²) in [5.74, 6) is 0.117. The lowest BCUT2D eigenvalue weighted by atomic mass is 9.93. The van der Waals surface area contributed by atoms with Gasteiger partial charge in [0.2, 0.25) is 0 Å². The van der Waals surface area contributed by atoms with Crippen LogP contribution >= 0.6 is 11.6 Å². The first-order chi connectivity index (χ1) is 12.8. The number of aromatic nitrogens is 1. The molecule has 1 aliphatic heterocycles. The van der Waals surface area contributed by atoms with Crippen molar-refractivity contribution in [3.8, 4) is 0 Å². The molecule has 1 saturated heterocycles. The number of aryl methyl sites for hydroxylation is 1. The maximum Gasteiger partial charge on any atom is 0.281 e. The molecule has 0 spiro atoms. The van der Waals surface area contributed by atoms with Gasteiger partial charge in [-0.2, -0.15) is 17.0 Å². The van der Waals surface area contributed by atoms with E-state index in [1.54, 1.807) is 18.4 Å². The SMILES string of the molecule is Cc1cc(Cc2cccc(Cl)c2)cc(C2CCCN(S(=O)(=O)N(C)C)C2)n1. The molecule has 2 aromatic rings. The van der Waals surface area contributed by atoms with Gasteiger partial charge < -0.3 is 0 Å². The van der Waals surface area contributed by atoms with Crippen LogP contribution in [-0.2, 0) is 16.6 Å². The molecule has 0 amide bonds. The van der Waals surface area contributed by atoms with E-state index < -0.39 is 10.2 Å². The first kappa shape index (κ1) is 20.3. The van der Waals surface area contributed by atoms with Gasteiger partial charge in [-0.1, -0.05) is 23.7 Å². The molecule has 27 heavy (non-hydrogen) atoms. The summed E-state index contributed by atoms with van der Waals surface area (Å²) < 4.78 is 27.8. The molecule has 1 unspecified atom stereocenters. The lowest BCUT2D eigenvalue weighted by Gasteiger charge is -2.33. The van der Waals surface area contributed by atoms with Gasteiger partial charge in [-0.05, 0) is 61.6 Å². The van der Waals surface area contributed by atoms with Gasteiger partial charge in [0.05, 0.1) is 0 Å². The second kappa shape index (κ2) is 8.27. The van der Waals surface area contributed by atoms with Crippen molar-refractivity contribution in [1.82, 2.24) is 13.6 Å². The van der Waals surface area contributed by atoms with Gasteiger partial charge in [0.1, 0.15) is 0 Å². The molecular formula is C20H26ClN3O2S. The molecule has 146 valence electrons. The lowest BCUT2D eigenvalue weighted by Crippen LogP contribution is -2.45. The van der Waals surface area contributed by atoms with Crippen LogP contribution in [0.15, 0.2) is 36.4 Å². The van der Waals surface area contributed by atoms with Crippen molar-refractivity contribution in [3.63, 3.8) is 0 Å². The van der Waals surface area contributed by atoms with Crippen molar-refractivity contribution in [2.75, 3.05) is 27.2 Å². The van der Waals surface area contributed by atoms with Crippen LogP contribution in [0.1, 0.15) is 41.3 Å². The number of rotatable bonds is 5. The molecule has 5 nitrogen and oxygen atoms in total. The van der Waals surface area contributed by atoms with Crippen molar-refractivity contribution < 1.29 is 8.42 Å². The predicted molar refractivity (Wildman–Crippen MR) is 109 cm³/mol. The summed E-state index contributed by atoms with van der Waals surface area (Å²) in [5.41, 5.74) is 4.26. The quantitative estimate of drug-likeness (QED) is 0.760. The monoisotopic (exact) mass is 407 g/mol. The zero-order valence-corrected chi connectivity index (χ0v) is 17.6. The van der Waals surface area contributed by atoms with E-state index in [0.29, 0.717) is 13.1 Å².